The van der Waals surface area contributed by atoms with Gasteiger partial charge in [-0.15, -0.1) is 12.4 Å². The minimum atomic E-state index is -3.52. The molecule has 0 bridgehead atoms. The first kappa shape index (κ1) is 22.1. The highest BCUT2D eigenvalue weighted by Gasteiger charge is 2.32. The molecule has 1 aromatic carbocycles. The van der Waals surface area contributed by atoms with Crippen LogP contribution in [-0.2, 0) is 14.8 Å². The number of aryl methyl sites for hydroxylation is 1. The smallest absolute Gasteiger partial charge is 0.243 e. The molecule has 1 heterocycles. The number of hydrogen-bond donors (Lipinski definition) is 2. The van der Waals surface area contributed by atoms with Crippen LogP contribution in [0.25, 0.3) is 0 Å². The zero-order chi connectivity index (χ0) is 18.7. The highest BCUT2D eigenvalue weighted by molar-refractivity contribution is 7.89. The van der Waals surface area contributed by atoms with Crippen molar-refractivity contribution >= 4 is 34.0 Å². The molecule has 6 nitrogen and oxygen atoms in total. The standard InChI is InChI=1S/C19H29N3O3S.ClH/c1-14-8-9-16(21-19(23)17-7-5-6-15(17)13-20)12-18(14)26(24,25)22-10-3-2-4-11-22;/h8-9,12,15,17H,2-7,10-11,13,20H2,1H3,(H,21,23);1H/t15-,17-;/m1./s1. The molecule has 2 fully saturated rings. The number of nitrogens with zero attached hydrogens (tertiary/aromatic N) is 1. The van der Waals surface area contributed by atoms with Gasteiger partial charge in [-0.2, -0.15) is 4.31 Å². The maximum Gasteiger partial charge on any atom is 0.243 e. The van der Waals surface area contributed by atoms with Gasteiger partial charge in [-0.25, -0.2) is 8.42 Å². The third-order valence-electron chi connectivity index (χ3n) is 5.69. The Morgan fingerprint density at radius 1 is 1.19 bits per heavy atom. The summed E-state index contributed by atoms with van der Waals surface area (Å²) in [5, 5.41) is 2.91. The third-order valence-corrected chi connectivity index (χ3v) is 7.73. The molecule has 1 saturated carbocycles. The highest BCUT2D eigenvalue weighted by atomic mass is 35.5. The monoisotopic (exact) mass is 415 g/mol. The van der Waals surface area contributed by atoms with Crippen molar-refractivity contribution in [3.05, 3.63) is 23.8 Å². The van der Waals surface area contributed by atoms with E-state index in [0.717, 1.165) is 38.5 Å². The molecule has 1 amide bonds. The van der Waals surface area contributed by atoms with E-state index >= 15 is 0 Å². The second kappa shape index (κ2) is 9.37. The van der Waals surface area contributed by atoms with Crippen molar-refractivity contribution < 1.29 is 13.2 Å². The minimum Gasteiger partial charge on any atom is -0.330 e. The van der Waals surface area contributed by atoms with E-state index in [2.05, 4.69) is 5.32 Å². The summed E-state index contributed by atoms with van der Waals surface area (Å²) in [6.45, 7) is 3.45. The predicted molar refractivity (Wildman–Crippen MR) is 110 cm³/mol. The maximum atomic E-state index is 13.0. The van der Waals surface area contributed by atoms with E-state index in [1.54, 1.807) is 29.4 Å². The number of piperidine rings is 1. The van der Waals surface area contributed by atoms with E-state index in [0.29, 0.717) is 35.8 Å². The maximum absolute atomic E-state index is 13.0. The lowest BCUT2D eigenvalue weighted by atomic mass is 9.95. The quantitative estimate of drug-likeness (QED) is 0.773. The number of rotatable bonds is 5. The van der Waals surface area contributed by atoms with Gasteiger partial charge in [-0.3, -0.25) is 4.79 Å². The van der Waals surface area contributed by atoms with Crippen LogP contribution in [0.1, 0.15) is 44.1 Å². The van der Waals surface area contributed by atoms with Crippen LogP contribution >= 0.6 is 12.4 Å². The van der Waals surface area contributed by atoms with Crippen LogP contribution in [-0.4, -0.2) is 38.3 Å². The van der Waals surface area contributed by atoms with Gasteiger partial charge in [-0.1, -0.05) is 18.9 Å². The molecule has 3 N–H and O–H groups in total. The SMILES string of the molecule is Cc1ccc(NC(=O)[C@@H]2CCC[C@@H]2CN)cc1S(=O)(=O)N1CCCCC1.Cl. The number of nitrogens with one attached hydrogen (secondary N) is 1. The molecule has 0 aromatic heterocycles. The molecular formula is C19H30ClN3O3S. The lowest BCUT2D eigenvalue weighted by molar-refractivity contribution is -0.120. The van der Waals surface area contributed by atoms with Gasteiger partial charge in [0.25, 0.3) is 0 Å². The summed E-state index contributed by atoms with van der Waals surface area (Å²) < 4.78 is 27.6. The molecule has 152 valence electrons. The van der Waals surface area contributed by atoms with E-state index < -0.39 is 10.0 Å². The van der Waals surface area contributed by atoms with E-state index in [-0.39, 0.29) is 30.2 Å². The Kier molecular flexibility index (Phi) is 7.68. The van der Waals surface area contributed by atoms with Crippen LogP contribution in [0.4, 0.5) is 5.69 Å². The third kappa shape index (κ3) is 4.83. The number of carbonyl (C=O) groups is 1. The lowest BCUT2D eigenvalue weighted by Gasteiger charge is -2.27. The second-order valence-electron chi connectivity index (χ2n) is 7.47. The van der Waals surface area contributed by atoms with Crippen LogP contribution in [0.5, 0.6) is 0 Å². The minimum absolute atomic E-state index is 0. The summed E-state index contributed by atoms with van der Waals surface area (Å²) >= 11 is 0. The van der Waals surface area contributed by atoms with E-state index in [1.165, 1.54) is 0 Å². The van der Waals surface area contributed by atoms with Crippen molar-refractivity contribution in [3.8, 4) is 0 Å². The second-order valence-corrected chi connectivity index (χ2v) is 9.37. The van der Waals surface area contributed by atoms with Gasteiger partial charge in [0.15, 0.2) is 0 Å². The van der Waals surface area contributed by atoms with Gasteiger partial charge < -0.3 is 11.1 Å². The van der Waals surface area contributed by atoms with Crippen LogP contribution < -0.4 is 11.1 Å². The Balaban J connectivity index is 0.00000261. The molecule has 2 aliphatic rings. The molecule has 27 heavy (non-hydrogen) atoms. The average molecular weight is 416 g/mol. The number of anilines is 1. The molecule has 1 aromatic rings. The first-order valence-corrected chi connectivity index (χ1v) is 11.0. The molecule has 0 radical (unpaired) electrons. The zero-order valence-electron chi connectivity index (χ0n) is 15.8. The Bertz CT molecular complexity index is 763. The van der Waals surface area contributed by atoms with Gasteiger partial charge in [0, 0.05) is 24.7 Å². The number of nitrogens with two attached hydrogens (primary N) is 1. The molecule has 1 aliphatic heterocycles. The van der Waals surface area contributed by atoms with Crippen molar-refractivity contribution in [2.24, 2.45) is 17.6 Å². The van der Waals surface area contributed by atoms with E-state index in [9.17, 15) is 13.2 Å². The fourth-order valence-electron chi connectivity index (χ4n) is 4.10. The number of benzene rings is 1. The van der Waals surface area contributed by atoms with Crippen molar-refractivity contribution in [3.63, 3.8) is 0 Å². The molecule has 1 aliphatic carbocycles. The average Bonchev–Trinajstić information content (AvgIpc) is 3.13. The van der Waals surface area contributed by atoms with E-state index in [1.807, 2.05) is 0 Å². The highest BCUT2D eigenvalue weighted by Crippen LogP contribution is 2.32. The Morgan fingerprint density at radius 3 is 2.56 bits per heavy atom. The Labute approximate surface area is 168 Å². The number of carbonyl (C=O) groups excluding carboxylic acids is 1. The lowest BCUT2D eigenvalue weighted by Crippen LogP contribution is -2.36. The van der Waals surface area contributed by atoms with Gasteiger partial charge in [0.1, 0.15) is 0 Å². The molecule has 8 heteroatoms. The molecular weight excluding hydrogens is 386 g/mol. The summed E-state index contributed by atoms with van der Waals surface area (Å²) in [5.41, 5.74) is 7.02. The Hall–Kier alpha value is -1.15. The summed E-state index contributed by atoms with van der Waals surface area (Å²) in [6.07, 6.45) is 5.72. The van der Waals surface area contributed by atoms with Gasteiger partial charge in [-0.05, 0) is 62.8 Å². The zero-order valence-corrected chi connectivity index (χ0v) is 17.4. The first-order chi connectivity index (χ1) is 12.4. The summed E-state index contributed by atoms with van der Waals surface area (Å²) in [7, 11) is -3.52. The molecule has 0 spiro atoms. The van der Waals surface area contributed by atoms with Crippen molar-refractivity contribution in [1.29, 1.82) is 0 Å². The fourth-order valence-corrected chi connectivity index (χ4v) is 5.87. The van der Waals surface area contributed by atoms with Gasteiger partial charge in [0.2, 0.25) is 15.9 Å². The Morgan fingerprint density at radius 2 is 1.89 bits per heavy atom. The molecule has 2 atom stereocenters. The molecule has 3 rings (SSSR count). The number of sulfonamides is 1. The van der Waals surface area contributed by atoms with Crippen LogP contribution in [0, 0.1) is 18.8 Å². The molecule has 0 unspecified atom stereocenters. The summed E-state index contributed by atoms with van der Waals surface area (Å²) in [4.78, 5) is 12.9. The topological polar surface area (TPSA) is 92.5 Å². The summed E-state index contributed by atoms with van der Waals surface area (Å²) in [6, 6.07) is 5.14. The van der Waals surface area contributed by atoms with Crippen molar-refractivity contribution in [2.75, 3.05) is 25.0 Å². The number of hydrogen-bond acceptors (Lipinski definition) is 4. The van der Waals surface area contributed by atoms with Crippen molar-refractivity contribution in [2.45, 2.75) is 50.3 Å². The van der Waals surface area contributed by atoms with Crippen LogP contribution in [0.3, 0.4) is 0 Å². The predicted octanol–water partition coefficient (Wildman–Crippen LogP) is 2.90. The largest absolute Gasteiger partial charge is 0.330 e. The van der Waals surface area contributed by atoms with E-state index in [4.69, 9.17) is 5.73 Å². The number of halogens is 1. The fraction of sp³-hybridized carbons (Fsp3) is 0.632. The first-order valence-electron chi connectivity index (χ1n) is 9.55. The van der Waals surface area contributed by atoms with Gasteiger partial charge in [0.05, 0.1) is 4.90 Å². The van der Waals surface area contributed by atoms with Crippen LogP contribution in [0.15, 0.2) is 23.1 Å². The number of amides is 1. The van der Waals surface area contributed by atoms with Crippen LogP contribution in [0.2, 0.25) is 0 Å². The normalized spacial score (nSPS) is 23.6. The molecule has 1 saturated heterocycles. The van der Waals surface area contributed by atoms with Gasteiger partial charge >= 0.3 is 0 Å². The van der Waals surface area contributed by atoms with Crippen molar-refractivity contribution in [1.82, 2.24) is 4.31 Å². The summed E-state index contributed by atoms with van der Waals surface area (Å²) in [5.74, 6) is 0.0866.